The monoisotopic (exact) mass is 240 g/mol. The topological polar surface area (TPSA) is 17.1 Å². The highest BCUT2D eigenvalue weighted by atomic mass is 16.1. The van der Waals surface area contributed by atoms with E-state index in [1.165, 1.54) is 25.7 Å². The molecule has 8 atom stereocenters. The first-order valence-electron chi connectivity index (χ1n) is 7.73. The third kappa shape index (κ3) is 1.03. The summed E-state index contributed by atoms with van der Waals surface area (Å²) in [6.45, 7) is 0. The van der Waals surface area contributed by atoms with Gasteiger partial charge in [-0.15, -0.1) is 0 Å². The Morgan fingerprint density at radius 2 is 1.17 bits per heavy atom. The number of carbonyl (C=O) groups excluding carboxylic acids is 1. The van der Waals surface area contributed by atoms with E-state index in [4.69, 9.17) is 0 Å². The molecule has 0 N–H and O–H groups in total. The summed E-state index contributed by atoms with van der Waals surface area (Å²) in [6, 6.07) is 0. The summed E-state index contributed by atoms with van der Waals surface area (Å²) in [5.41, 5.74) is 0. The largest absolute Gasteiger partial charge is 0.299 e. The number of fused-ring (bicyclic) bond motifs is 10. The Morgan fingerprint density at radius 3 is 1.67 bits per heavy atom. The molecular weight excluding hydrogens is 220 g/mol. The number of rotatable bonds is 0. The van der Waals surface area contributed by atoms with Crippen molar-refractivity contribution in [3.8, 4) is 0 Å². The minimum atomic E-state index is 0.405. The van der Waals surface area contributed by atoms with E-state index < -0.39 is 0 Å². The zero-order chi connectivity index (χ0) is 11.9. The number of Topliss-reactive ketones (excluding diaryl/α,β-unsaturated/α-hetero) is 1. The average Bonchev–Trinajstić information content (AvgIpc) is 3.12. The van der Waals surface area contributed by atoms with E-state index in [-0.39, 0.29) is 0 Å². The molecule has 0 aromatic rings. The smallest absolute Gasteiger partial charge is 0.140 e. The van der Waals surface area contributed by atoms with Crippen LogP contribution in [0.3, 0.4) is 0 Å². The summed E-state index contributed by atoms with van der Waals surface area (Å²) in [5, 5.41) is 0. The Morgan fingerprint density at radius 1 is 0.722 bits per heavy atom. The molecule has 0 amide bonds. The number of hydrogen-bond donors (Lipinski definition) is 0. The normalized spacial score (nSPS) is 59.0. The fourth-order valence-electron chi connectivity index (χ4n) is 6.09. The van der Waals surface area contributed by atoms with Gasteiger partial charge in [-0.3, -0.25) is 4.79 Å². The van der Waals surface area contributed by atoms with Gasteiger partial charge >= 0.3 is 0 Å². The molecule has 3 saturated carbocycles. The molecule has 0 heterocycles. The highest BCUT2D eigenvalue weighted by Gasteiger charge is 2.57. The number of carbonyl (C=O) groups is 1. The van der Waals surface area contributed by atoms with Crippen LogP contribution in [0.15, 0.2) is 24.3 Å². The van der Waals surface area contributed by atoms with Crippen molar-refractivity contribution in [3.63, 3.8) is 0 Å². The lowest BCUT2D eigenvalue weighted by atomic mass is 9.74. The van der Waals surface area contributed by atoms with Crippen molar-refractivity contribution in [3.05, 3.63) is 24.3 Å². The van der Waals surface area contributed by atoms with Crippen molar-refractivity contribution in [2.24, 2.45) is 47.3 Å². The molecular formula is C17H20O. The Bertz CT molecular complexity index is 432. The van der Waals surface area contributed by atoms with Gasteiger partial charge in [-0.1, -0.05) is 24.3 Å². The quantitative estimate of drug-likeness (QED) is 0.594. The molecule has 18 heavy (non-hydrogen) atoms. The lowest BCUT2D eigenvalue weighted by Gasteiger charge is -2.28. The van der Waals surface area contributed by atoms with Crippen LogP contribution >= 0.6 is 0 Å². The van der Waals surface area contributed by atoms with E-state index in [0.29, 0.717) is 41.3 Å². The standard InChI is InChI=1S/C17H20O/c18-17-15-11-3-1-9(7-11)13(15)5-6-14-10-2-4-12(8-10)16(14)17/h1-4,9-16H,5-8H2/t9-,10-,11+,12+,13-,14-,15+,16+/m0/s1. The Balaban J connectivity index is 1.57. The second-order valence-electron chi connectivity index (χ2n) is 7.26. The fraction of sp³-hybridized carbons (Fsp3) is 0.706. The van der Waals surface area contributed by atoms with Gasteiger partial charge in [0.05, 0.1) is 0 Å². The molecule has 94 valence electrons. The first-order valence-corrected chi connectivity index (χ1v) is 7.73. The first kappa shape index (κ1) is 10.00. The summed E-state index contributed by atoms with van der Waals surface area (Å²) in [4.78, 5) is 13.0. The van der Waals surface area contributed by atoms with Crippen molar-refractivity contribution in [2.45, 2.75) is 25.7 Å². The van der Waals surface area contributed by atoms with Crippen LogP contribution in [-0.4, -0.2) is 5.78 Å². The summed E-state index contributed by atoms with van der Waals surface area (Å²) < 4.78 is 0. The second kappa shape index (κ2) is 3.18. The highest BCUT2D eigenvalue weighted by Crippen LogP contribution is 2.59. The van der Waals surface area contributed by atoms with Gasteiger partial charge in [0, 0.05) is 11.8 Å². The van der Waals surface area contributed by atoms with E-state index >= 15 is 0 Å². The van der Waals surface area contributed by atoms with Crippen molar-refractivity contribution < 1.29 is 4.79 Å². The van der Waals surface area contributed by atoms with Gasteiger partial charge in [0.25, 0.3) is 0 Å². The molecule has 5 aliphatic carbocycles. The SMILES string of the molecule is O=C1[C@H]2[C@@H](CC[C@@H]3[C@H]1[C@@H]1C=C[C@H]3C1)[C@H]1C=C[C@@H]2C1. The number of ketones is 1. The van der Waals surface area contributed by atoms with Gasteiger partial charge in [-0.2, -0.15) is 0 Å². The molecule has 0 spiro atoms. The van der Waals surface area contributed by atoms with Crippen molar-refractivity contribution in [1.29, 1.82) is 0 Å². The van der Waals surface area contributed by atoms with Crippen LogP contribution in [0.25, 0.3) is 0 Å². The first-order chi connectivity index (χ1) is 8.83. The molecule has 0 unspecified atom stereocenters. The molecule has 1 nitrogen and oxygen atoms in total. The molecule has 0 saturated heterocycles. The molecule has 1 heteroatoms. The summed E-state index contributed by atoms with van der Waals surface area (Å²) in [5.74, 6) is 5.59. The maximum absolute atomic E-state index is 13.0. The van der Waals surface area contributed by atoms with Crippen molar-refractivity contribution >= 4 is 5.78 Å². The van der Waals surface area contributed by atoms with E-state index in [9.17, 15) is 4.79 Å². The molecule has 0 aromatic heterocycles. The summed E-state index contributed by atoms with van der Waals surface area (Å²) in [6.07, 6.45) is 14.7. The lowest BCUT2D eigenvalue weighted by Crippen LogP contribution is -2.34. The van der Waals surface area contributed by atoms with Crippen LogP contribution in [0, 0.1) is 47.3 Å². The van der Waals surface area contributed by atoms with Gasteiger partial charge in [0.1, 0.15) is 5.78 Å². The minimum Gasteiger partial charge on any atom is -0.299 e. The lowest BCUT2D eigenvalue weighted by molar-refractivity contribution is -0.130. The Hall–Kier alpha value is -0.850. The van der Waals surface area contributed by atoms with Crippen LogP contribution in [0.5, 0.6) is 0 Å². The van der Waals surface area contributed by atoms with Gasteiger partial charge in [0.15, 0.2) is 0 Å². The summed E-state index contributed by atoms with van der Waals surface area (Å²) in [7, 11) is 0. The van der Waals surface area contributed by atoms with Gasteiger partial charge in [-0.05, 0) is 61.2 Å². The Labute approximate surface area is 108 Å². The number of hydrogen-bond acceptors (Lipinski definition) is 1. The predicted octanol–water partition coefficient (Wildman–Crippen LogP) is 3.23. The number of allylic oxidation sites excluding steroid dienone is 4. The third-order valence-corrected chi connectivity index (χ3v) is 6.74. The summed E-state index contributed by atoms with van der Waals surface area (Å²) >= 11 is 0. The van der Waals surface area contributed by atoms with Gasteiger partial charge in [-0.25, -0.2) is 0 Å². The molecule has 4 bridgehead atoms. The third-order valence-electron chi connectivity index (χ3n) is 6.74. The van der Waals surface area contributed by atoms with Crippen molar-refractivity contribution in [2.75, 3.05) is 0 Å². The molecule has 0 aromatic carbocycles. The van der Waals surface area contributed by atoms with E-state index in [0.717, 1.165) is 11.8 Å². The van der Waals surface area contributed by atoms with Gasteiger partial charge < -0.3 is 0 Å². The van der Waals surface area contributed by atoms with Crippen LogP contribution in [0.2, 0.25) is 0 Å². The van der Waals surface area contributed by atoms with Crippen LogP contribution in [0.1, 0.15) is 25.7 Å². The van der Waals surface area contributed by atoms with Gasteiger partial charge in [0.2, 0.25) is 0 Å². The fourth-order valence-corrected chi connectivity index (χ4v) is 6.09. The van der Waals surface area contributed by atoms with Crippen molar-refractivity contribution in [1.82, 2.24) is 0 Å². The Kier molecular flexibility index (Phi) is 1.77. The molecule has 0 radical (unpaired) electrons. The zero-order valence-electron chi connectivity index (χ0n) is 10.7. The molecule has 3 fully saturated rings. The maximum atomic E-state index is 13.0. The maximum Gasteiger partial charge on any atom is 0.140 e. The molecule has 5 aliphatic rings. The molecule has 0 aliphatic heterocycles. The molecule has 5 rings (SSSR count). The second-order valence-corrected chi connectivity index (χ2v) is 7.26. The minimum absolute atomic E-state index is 0.405. The van der Waals surface area contributed by atoms with E-state index in [1.54, 1.807) is 0 Å². The van der Waals surface area contributed by atoms with Crippen LogP contribution in [0.4, 0.5) is 0 Å². The van der Waals surface area contributed by atoms with E-state index in [2.05, 4.69) is 24.3 Å². The average molecular weight is 240 g/mol. The van der Waals surface area contributed by atoms with Crippen LogP contribution < -0.4 is 0 Å². The van der Waals surface area contributed by atoms with E-state index in [1.807, 2.05) is 0 Å². The van der Waals surface area contributed by atoms with Crippen LogP contribution in [-0.2, 0) is 4.79 Å². The highest BCUT2D eigenvalue weighted by molar-refractivity contribution is 5.86. The zero-order valence-corrected chi connectivity index (χ0v) is 10.7. The predicted molar refractivity (Wildman–Crippen MR) is 69.7 cm³/mol.